The van der Waals surface area contributed by atoms with Crippen LogP contribution in [0.2, 0.25) is 0 Å². The normalized spacial score (nSPS) is 10.7. The molecule has 0 fully saturated rings. The fourth-order valence-corrected chi connectivity index (χ4v) is 2.17. The Hall–Kier alpha value is -1.40. The topological polar surface area (TPSA) is 60.2 Å². The average molecular weight is 340 g/mol. The van der Waals surface area contributed by atoms with Crippen molar-refractivity contribution in [3.05, 3.63) is 40.5 Å². The molecule has 1 heterocycles. The van der Waals surface area contributed by atoms with Gasteiger partial charge in [-0.05, 0) is 24.6 Å². The Kier molecular flexibility index (Phi) is 6.01. The highest BCUT2D eigenvalue weighted by Gasteiger charge is 2.05. The van der Waals surface area contributed by atoms with Gasteiger partial charge in [0, 0.05) is 29.5 Å². The van der Waals surface area contributed by atoms with Crippen LogP contribution in [-0.4, -0.2) is 23.3 Å². The van der Waals surface area contributed by atoms with E-state index >= 15 is 0 Å². The maximum absolute atomic E-state index is 5.74. The fraction of sp³-hybridized carbons (Fsp3) is 0.429. The summed E-state index contributed by atoms with van der Waals surface area (Å²) < 4.78 is 11.7. The molecule has 2 rings (SSSR count). The lowest BCUT2D eigenvalue weighted by molar-refractivity contribution is 0.313. The monoisotopic (exact) mass is 339 g/mol. The lowest BCUT2D eigenvalue weighted by Crippen LogP contribution is -2.17. The number of hydrogen-bond acceptors (Lipinski definition) is 5. The summed E-state index contributed by atoms with van der Waals surface area (Å²) in [6.07, 6.45) is 3.14. The van der Waals surface area contributed by atoms with Crippen molar-refractivity contribution in [2.45, 2.75) is 26.3 Å². The first kappa shape index (κ1) is 15.0. The third-order valence-electron chi connectivity index (χ3n) is 2.72. The van der Waals surface area contributed by atoms with E-state index < -0.39 is 0 Å². The van der Waals surface area contributed by atoms with Gasteiger partial charge in [0.25, 0.3) is 0 Å². The number of nitrogens with one attached hydrogen (secondary N) is 1. The van der Waals surface area contributed by atoms with Crippen LogP contribution >= 0.6 is 15.9 Å². The maximum atomic E-state index is 5.74. The highest BCUT2D eigenvalue weighted by atomic mass is 79.9. The number of nitrogens with zero attached hydrogens (tertiary/aromatic N) is 2. The second-order valence-corrected chi connectivity index (χ2v) is 5.28. The van der Waals surface area contributed by atoms with Crippen LogP contribution in [-0.2, 0) is 13.0 Å². The zero-order valence-electron chi connectivity index (χ0n) is 11.4. The number of rotatable bonds is 8. The van der Waals surface area contributed by atoms with E-state index in [0.717, 1.165) is 48.3 Å². The van der Waals surface area contributed by atoms with Crippen molar-refractivity contribution in [3.8, 4) is 5.75 Å². The smallest absolute Gasteiger partial charge is 0.227 e. The summed E-state index contributed by atoms with van der Waals surface area (Å²) in [7, 11) is 0. The van der Waals surface area contributed by atoms with Gasteiger partial charge < -0.3 is 14.6 Å². The van der Waals surface area contributed by atoms with Gasteiger partial charge in [0.15, 0.2) is 6.33 Å². The van der Waals surface area contributed by atoms with Gasteiger partial charge in [-0.2, -0.15) is 4.98 Å². The van der Waals surface area contributed by atoms with Crippen molar-refractivity contribution >= 4 is 15.9 Å². The molecule has 1 N–H and O–H groups in total. The van der Waals surface area contributed by atoms with Crippen molar-refractivity contribution in [1.29, 1.82) is 0 Å². The van der Waals surface area contributed by atoms with E-state index in [1.165, 1.54) is 6.33 Å². The molecule has 0 aliphatic heterocycles. The zero-order valence-corrected chi connectivity index (χ0v) is 13.0. The molecule has 0 aliphatic carbocycles. The van der Waals surface area contributed by atoms with Crippen LogP contribution < -0.4 is 10.1 Å². The Morgan fingerprint density at radius 1 is 1.40 bits per heavy atom. The quantitative estimate of drug-likeness (QED) is 0.749. The summed E-state index contributed by atoms with van der Waals surface area (Å²) in [5, 5.41) is 6.93. The third-order valence-corrected chi connectivity index (χ3v) is 3.22. The standard InChI is InChI=1S/C14H18BrN3O2/c1-2-7-19-13-4-3-12(15)8-11(13)9-16-6-5-14-17-10-18-20-14/h3-4,8,10,16H,2,5-7,9H2,1H3. The number of halogens is 1. The minimum atomic E-state index is 0.647. The van der Waals surface area contributed by atoms with Gasteiger partial charge >= 0.3 is 0 Å². The summed E-state index contributed by atoms with van der Waals surface area (Å²) in [6.45, 7) is 4.35. The van der Waals surface area contributed by atoms with Crippen molar-refractivity contribution in [2.75, 3.05) is 13.2 Å². The van der Waals surface area contributed by atoms with Gasteiger partial charge in [-0.3, -0.25) is 0 Å². The highest BCUT2D eigenvalue weighted by molar-refractivity contribution is 9.10. The summed E-state index contributed by atoms with van der Waals surface area (Å²) in [4.78, 5) is 3.98. The lowest BCUT2D eigenvalue weighted by atomic mass is 10.2. The Balaban J connectivity index is 1.85. The molecule has 1 aromatic heterocycles. The van der Waals surface area contributed by atoms with Gasteiger partial charge in [0.2, 0.25) is 5.89 Å². The van der Waals surface area contributed by atoms with Gasteiger partial charge in [-0.25, -0.2) is 0 Å². The number of hydrogen-bond donors (Lipinski definition) is 1. The van der Waals surface area contributed by atoms with Gasteiger partial charge in [-0.1, -0.05) is 28.0 Å². The molecule has 108 valence electrons. The van der Waals surface area contributed by atoms with Crippen LogP contribution in [0.25, 0.3) is 0 Å². The van der Waals surface area contributed by atoms with Crippen LogP contribution in [0, 0.1) is 0 Å². The fourth-order valence-electron chi connectivity index (χ4n) is 1.76. The second-order valence-electron chi connectivity index (χ2n) is 4.36. The van der Waals surface area contributed by atoms with Crippen LogP contribution in [0.3, 0.4) is 0 Å². The molecule has 0 spiro atoms. The molecule has 0 atom stereocenters. The molecule has 6 heteroatoms. The first-order chi connectivity index (χ1) is 9.79. The average Bonchev–Trinajstić information content (AvgIpc) is 2.96. The Morgan fingerprint density at radius 3 is 3.05 bits per heavy atom. The highest BCUT2D eigenvalue weighted by Crippen LogP contribution is 2.23. The molecule has 0 unspecified atom stereocenters. The van der Waals surface area contributed by atoms with E-state index in [2.05, 4.69) is 44.4 Å². The molecule has 20 heavy (non-hydrogen) atoms. The van der Waals surface area contributed by atoms with Crippen molar-refractivity contribution in [3.63, 3.8) is 0 Å². The first-order valence-electron chi connectivity index (χ1n) is 6.67. The van der Waals surface area contributed by atoms with Gasteiger partial charge in [0.05, 0.1) is 6.61 Å². The van der Waals surface area contributed by atoms with E-state index in [1.54, 1.807) is 0 Å². The number of aromatic nitrogens is 2. The molecule has 2 aromatic rings. The van der Waals surface area contributed by atoms with Crippen LogP contribution in [0.4, 0.5) is 0 Å². The predicted molar refractivity (Wildman–Crippen MR) is 79.6 cm³/mol. The molecular formula is C14H18BrN3O2. The van der Waals surface area contributed by atoms with Crippen LogP contribution in [0.1, 0.15) is 24.8 Å². The molecule has 5 nitrogen and oxygen atoms in total. The molecule has 0 saturated heterocycles. The molecule has 0 bridgehead atoms. The summed E-state index contributed by atoms with van der Waals surface area (Å²) in [5.74, 6) is 1.58. The SMILES string of the molecule is CCCOc1ccc(Br)cc1CNCCc1ncno1. The lowest BCUT2D eigenvalue weighted by Gasteiger charge is -2.12. The Morgan fingerprint density at radius 2 is 2.30 bits per heavy atom. The summed E-state index contributed by atoms with van der Waals surface area (Å²) >= 11 is 3.49. The van der Waals surface area contributed by atoms with E-state index in [-0.39, 0.29) is 0 Å². The van der Waals surface area contributed by atoms with E-state index in [1.807, 2.05) is 12.1 Å². The second kappa shape index (κ2) is 8.01. The van der Waals surface area contributed by atoms with Gasteiger partial charge in [-0.15, -0.1) is 0 Å². The molecule has 1 aromatic carbocycles. The van der Waals surface area contributed by atoms with Crippen molar-refractivity contribution in [1.82, 2.24) is 15.5 Å². The van der Waals surface area contributed by atoms with E-state index in [0.29, 0.717) is 5.89 Å². The summed E-state index contributed by atoms with van der Waals surface area (Å²) in [5.41, 5.74) is 1.14. The van der Waals surface area contributed by atoms with E-state index in [4.69, 9.17) is 9.26 Å². The predicted octanol–water partition coefficient (Wildman–Crippen LogP) is 2.95. The number of benzene rings is 1. The third kappa shape index (κ3) is 4.61. The largest absolute Gasteiger partial charge is 0.493 e. The maximum Gasteiger partial charge on any atom is 0.227 e. The minimum Gasteiger partial charge on any atom is -0.493 e. The van der Waals surface area contributed by atoms with Crippen LogP contribution in [0.15, 0.2) is 33.5 Å². The molecule has 0 aliphatic rings. The molecular weight excluding hydrogens is 322 g/mol. The Labute approximate surface area is 126 Å². The van der Waals surface area contributed by atoms with E-state index in [9.17, 15) is 0 Å². The van der Waals surface area contributed by atoms with Crippen molar-refractivity contribution < 1.29 is 9.26 Å². The molecule has 0 amide bonds. The van der Waals surface area contributed by atoms with Gasteiger partial charge in [0.1, 0.15) is 5.75 Å². The van der Waals surface area contributed by atoms with Crippen molar-refractivity contribution in [2.24, 2.45) is 0 Å². The first-order valence-corrected chi connectivity index (χ1v) is 7.46. The summed E-state index contributed by atoms with van der Waals surface area (Å²) in [6, 6.07) is 6.06. The minimum absolute atomic E-state index is 0.647. The Bertz CT molecular complexity index is 517. The zero-order chi connectivity index (χ0) is 14.2. The number of ether oxygens (including phenoxy) is 1. The van der Waals surface area contributed by atoms with Crippen LogP contribution in [0.5, 0.6) is 5.75 Å². The molecule has 0 saturated carbocycles. The molecule has 0 radical (unpaired) electrons.